The van der Waals surface area contributed by atoms with Crippen molar-refractivity contribution in [3.05, 3.63) is 42.5 Å². The maximum atomic E-state index is 12.5. The number of nitrogens with zero attached hydrogens (tertiary/aromatic N) is 3. The molecule has 3 rings (SSSR count). The highest BCUT2D eigenvalue weighted by Crippen LogP contribution is 2.28. The number of nitrogens with one attached hydrogen (secondary N) is 2. The first-order valence-electron chi connectivity index (χ1n) is 7.23. The van der Waals surface area contributed by atoms with Crippen molar-refractivity contribution in [2.24, 2.45) is 0 Å². The summed E-state index contributed by atoms with van der Waals surface area (Å²) in [6.07, 6.45) is 0.146. The predicted octanol–water partition coefficient (Wildman–Crippen LogP) is 2.65. The Morgan fingerprint density at radius 3 is 2.48 bits per heavy atom. The lowest BCUT2D eigenvalue weighted by molar-refractivity contribution is -0.141. The molecule has 1 aliphatic rings. The van der Waals surface area contributed by atoms with E-state index in [9.17, 15) is 13.2 Å². The van der Waals surface area contributed by atoms with Crippen molar-refractivity contribution in [2.75, 3.05) is 36.4 Å². The topological polar surface area (TPSA) is 53.1 Å². The summed E-state index contributed by atoms with van der Waals surface area (Å²) < 4.78 is 37.5. The van der Waals surface area contributed by atoms with Gasteiger partial charge in [-0.05, 0) is 18.2 Å². The van der Waals surface area contributed by atoms with Crippen molar-refractivity contribution in [1.82, 2.24) is 15.3 Å². The summed E-state index contributed by atoms with van der Waals surface area (Å²) >= 11 is 0. The van der Waals surface area contributed by atoms with Gasteiger partial charge in [-0.1, -0.05) is 0 Å². The minimum Gasteiger partial charge on any atom is -0.368 e. The summed E-state index contributed by atoms with van der Waals surface area (Å²) in [5, 5.41) is 6.31. The molecule has 2 N–H and O–H groups in total. The molecular weight excluding hydrogens is 307 g/mol. The fourth-order valence-corrected chi connectivity index (χ4v) is 2.39. The molecule has 1 aliphatic heterocycles. The fourth-order valence-electron chi connectivity index (χ4n) is 2.39. The number of hydrogen-bond donors (Lipinski definition) is 2. The molecule has 0 unspecified atom stereocenters. The molecule has 0 atom stereocenters. The van der Waals surface area contributed by atoms with Gasteiger partial charge in [-0.2, -0.15) is 13.2 Å². The van der Waals surface area contributed by atoms with E-state index in [2.05, 4.69) is 25.5 Å². The van der Waals surface area contributed by atoms with Crippen molar-refractivity contribution in [2.45, 2.75) is 6.18 Å². The van der Waals surface area contributed by atoms with Crippen LogP contribution >= 0.6 is 0 Å². The van der Waals surface area contributed by atoms with Gasteiger partial charge in [0.2, 0.25) is 0 Å². The van der Waals surface area contributed by atoms with Crippen LogP contribution < -0.4 is 15.5 Å². The summed E-state index contributed by atoms with van der Waals surface area (Å²) in [6, 6.07) is 4.24. The van der Waals surface area contributed by atoms with Crippen LogP contribution in [0.25, 0.3) is 0 Å². The molecule has 0 spiro atoms. The van der Waals surface area contributed by atoms with Crippen molar-refractivity contribution in [3.63, 3.8) is 0 Å². The SMILES string of the molecule is FC(F)(F)c1ccc(Nc2cncc(N3CCNCC3)c2)cn1. The second-order valence-corrected chi connectivity index (χ2v) is 5.22. The first-order valence-corrected chi connectivity index (χ1v) is 7.23. The second-order valence-electron chi connectivity index (χ2n) is 5.22. The van der Waals surface area contributed by atoms with Gasteiger partial charge in [-0.25, -0.2) is 4.98 Å². The summed E-state index contributed by atoms with van der Waals surface area (Å²) in [5.41, 5.74) is 1.27. The Balaban J connectivity index is 1.72. The number of piperazine rings is 1. The molecule has 1 saturated heterocycles. The van der Waals surface area contributed by atoms with E-state index in [1.54, 1.807) is 12.4 Å². The van der Waals surface area contributed by atoms with E-state index in [1.807, 2.05) is 6.07 Å². The van der Waals surface area contributed by atoms with Crippen LogP contribution in [0.15, 0.2) is 36.8 Å². The van der Waals surface area contributed by atoms with Gasteiger partial charge in [0, 0.05) is 26.2 Å². The Bertz CT molecular complexity index is 651. The van der Waals surface area contributed by atoms with Crippen LogP contribution in [0.3, 0.4) is 0 Å². The summed E-state index contributed by atoms with van der Waals surface area (Å²) in [6.45, 7) is 3.63. The zero-order valence-electron chi connectivity index (χ0n) is 12.3. The first-order chi connectivity index (χ1) is 11.0. The molecule has 0 bridgehead atoms. The maximum Gasteiger partial charge on any atom is 0.433 e. The molecule has 8 heteroatoms. The summed E-state index contributed by atoms with van der Waals surface area (Å²) in [4.78, 5) is 9.83. The predicted molar refractivity (Wildman–Crippen MR) is 81.8 cm³/mol. The van der Waals surface area contributed by atoms with Gasteiger partial charge >= 0.3 is 6.18 Å². The van der Waals surface area contributed by atoms with Crippen LogP contribution in [0, 0.1) is 0 Å². The quantitative estimate of drug-likeness (QED) is 0.909. The third kappa shape index (κ3) is 3.89. The molecule has 2 aromatic heterocycles. The van der Waals surface area contributed by atoms with Gasteiger partial charge < -0.3 is 15.5 Å². The van der Waals surface area contributed by atoms with Crippen molar-refractivity contribution in [1.29, 1.82) is 0 Å². The number of hydrogen-bond acceptors (Lipinski definition) is 5. The van der Waals surface area contributed by atoms with E-state index >= 15 is 0 Å². The molecule has 0 amide bonds. The first kappa shape index (κ1) is 15.5. The Hall–Kier alpha value is -2.35. The maximum absolute atomic E-state index is 12.5. The summed E-state index contributed by atoms with van der Waals surface area (Å²) in [7, 11) is 0. The monoisotopic (exact) mass is 323 g/mol. The lowest BCUT2D eigenvalue weighted by atomic mass is 10.2. The Morgan fingerprint density at radius 2 is 1.83 bits per heavy atom. The molecular formula is C15H16F3N5. The van der Waals surface area contributed by atoms with Crippen LogP contribution in [-0.4, -0.2) is 36.1 Å². The largest absolute Gasteiger partial charge is 0.433 e. The lowest BCUT2D eigenvalue weighted by Gasteiger charge is -2.29. The van der Waals surface area contributed by atoms with E-state index in [-0.39, 0.29) is 0 Å². The molecule has 0 radical (unpaired) electrons. The van der Waals surface area contributed by atoms with Gasteiger partial charge in [0.05, 0.1) is 35.7 Å². The average Bonchev–Trinajstić information content (AvgIpc) is 2.56. The smallest absolute Gasteiger partial charge is 0.368 e. The second kappa shape index (κ2) is 6.41. The van der Waals surface area contributed by atoms with Gasteiger partial charge in [0.25, 0.3) is 0 Å². The lowest BCUT2D eigenvalue weighted by Crippen LogP contribution is -2.43. The molecule has 0 aliphatic carbocycles. The van der Waals surface area contributed by atoms with Gasteiger partial charge in [-0.3, -0.25) is 4.98 Å². The Morgan fingerprint density at radius 1 is 1.04 bits per heavy atom. The molecule has 2 aromatic rings. The van der Waals surface area contributed by atoms with Crippen LogP contribution in [0.4, 0.5) is 30.2 Å². The van der Waals surface area contributed by atoms with Crippen molar-refractivity contribution < 1.29 is 13.2 Å². The number of halogens is 3. The third-order valence-electron chi connectivity index (χ3n) is 3.55. The summed E-state index contributed by atoms with van der Waals surface area (Å²) in [5.74, 6) is 0. The van der Waals surface area contributed by atoms with E-state index in [0.29, 0.717) is 11.4 Å². The molecule has 5 nitrogen and oxygen atoms in total. The van der Waals surface area contributed by atoms with E-state index in [1.165, 1.54) is 12.3 Å². The molecule has 23 heavy (non-hydrogen) atoms. The number of pyridine rings is 2. The van der Waals surface area contributed by atoms with Crippen molar-refractivity contribution in [3.8, 4) is 0 Å². The van der Waals surface area contributed by atoms with Gasteiger partial charge in [-0.15, -0.1) is 0 Å². The zero-order chi connectivity index (χ0) is 16.3. The van der Waals surface area contributed by atoms with E-state index in [4.69, 9.17) is 0 Å². The van der Waals surface area contributed by atoms with Crippen LogP contribution in [0.1, 0.15) is 5.69 Å². The number of anilines is 3. The Kier molecular flexibility index (Phi) is 4.33. The minimum atomic E-state index is -4.43. The third-order valence-corrected chi connectivity index (χ3v) is 3.55. The normalized spacial score (nSPS) is 15.5. The molecule has 3 heterocycles. The van der Waals surface area contributed by atoms with Crippen LogP contribution in [0.2, 0.25) is 0 Å². The Labute approximate surface area is 131 Å². The molecule has 0 aromatic carbocycles. The van der Waals surface area contributed by atoms with E-state index < -0.39 is 11.9 Å². The molecule has 1 fully saturated rings. The van der Waals surface area contributed by atoms with Crippen molar-refractivity contribution >= 4 is 17.1 Å². The van der Waals surface area contributed by atoms with Gasteiger partial charge in [0.15, 0.2) is 0 Å². The number of aromatic nitrogens is 2. The van der Waals surface area contributed by atoms with Crippen LogP contribution in [0.5, 0.6) is 0 Å². The molecule has 0 saturated carbocycles. The zero-order valence-corrected chi connectivity index (χ0v) is 12.3. The highest BCUT2D eigenvalue weighted by atomic mass is 19.4. The van der Waals surface area contributed by atoms with E-state index in [0.717, 1.165) is 37.9 Å². The van der Waals surface area contributed by atoms with Crippen LogP contribution in [-0.2, 0) is 6.18 Å². The molecule has 122 valence electrons. The standard InChI is InChI=1S/C15H16F3N5/c16-15(17,18)14-2-1-11(9-21-14)22-12-7-13(10-20-8-12)23-5-3-19-4-6-23/h1-2,7-10,19,22H,3-6H2. The number of rotatable bonds is 3. The highest BCUT2D eigenvalue weighted by molar-refractivity contribution is 5.63. The number of alkyl halides is 3. The fraction of sp³-hybridized carbons (Fsp3) is 0.333. The minimum absolute atomic E-state index is 0.484. The van der Waals surface area contributed by atoms with Gasteiger partial charge in [0.1, 0.15) is 5.69 Å². The highest BCUT2D eigenvalue weighted by Gasteiger charge is 2.32. The average molecular weight is 323 g/mol.